The fraction of sp³-hybridized carbons (Fsp3) is 0.263. The lowest BCUT2D eigenvalue weighted by molar-refractivity contribution is -0.126. The van der Waals surface area contributed by atoms with E-state index in [1.54, 1.807) is 24.0 Å². The highest BCUT2D eigenvalue weighted by atomic mass is 16.5. The van der Waals surface area contributed by atoms with E-state index >= 15 is 0 Å². The number of carbonyl (C=O) groups excluding carboxylic acids is 2. The van der Waals surface area contributed by atoms with Gasteiger partial charge < -0.3 is 9.64 Å². The number of fused-ring (bicyclic) bond motifs is 1. The fourth-order valence-electron chi connectivity index (χ4n) is 2.86. The molecule has 4 heteroatoms. The topological polar surface area (TPSA) is 46.6 Å². The van der Waals surface area contributed by atoms with Crippen LogP contribution in [0.3, 0.4) is 0 Å². The molecule has 1 aliphatic heterocycles. The van der Waals surface area contributed by atoms with Gasteiger partial charge in [-0.05, 0) is 43.5 Å². The van der Waals surface area contributed by atoms with Crippen molar-refractivity contribution in [3.63, 3.8) is 0 Å². The third-order valence-electron chi connectivity index (χ3n) is 4.15. The number of rotatable bonds is 3. The van der Waals surface area contributed by atoms with Crippen molar-refractivity contribution in [2.24, 2.45) is 0 Å². The largest absolute Gasteiger partial charge is 0.449 e. The fourth-order valence-corrected chi connectivity index (χ4v) is 2.86. The minimum Gasteiger partial charge on any atom is -0.449 e. The standard InChI is InChI=1S/C19H19NO3/c1-13-7-3-5-9-16(13)19(22)23-14(2)18(21)20-12-11-15-8-4-6-10-17(15)20/h3-10,14H,11-12H2,1-2H3/t14-/m1/s1. The van der Waals surface area contributed by atoms with E-state index in [-0.39, 0.29) is 5.91 Å². The monoisotopic (exact) mass is 309 g/mol. The minimum atomic E-state index is -0.812. The van der Waals surface area contributed by atoms with E-state index in [0.29, 0.717) is 12.1 Å². The highest BCUT2D eigenvalue weighted by Gasteiger charge is 2.30. The molecule has 1 atom stereocenters. The number of nitrogens with zero attached hydrogens (tertiary/aromatic N) is 1. The smallest absolute Gasteiger partial charge is 0.339 e. The Hall–Kier alpha value is -2.62. The Morgan fingerprint density at radius 2 is 1.78 bits per heavy atom. The Morgan fingerprint density at radius 3 is 2.57 bits per heavy atom. The first kappa shape index (κ1) is 15.3. The molecule has 0 N–H and O–H groups in total. The molecule has 0 radical (unpaired) electrons. The van der Waals surface area contributed by atoms with Crippen LogP contribution in [-0.4, -0.2) is 24.5 Å². The van der Waals surface area contributed by atoms with Gasteiger partial charge in [-0.25, -0.2) is 4.79 Å². The summed E-state index contributed by atoms with van der Waals surface area (Å²) < 4.78 is 5.38. The molecule has 2 aromatic rings. The normalized spacial score (nSPS) is 14.3. The lowest BCUT2D eigenvalue weighted by atomic mass is 10.1. The Kier molecular flexibility index (Phi) is 4.15. The highest BCUT2D eigenvalue weighted by Crippen LogP contribution is 2.28. The average Bonchev–Trinajstić information content (AvgIpc) is 2.98. The second-order valence-electron chi connectivity index (χ2n) is 5.73. The van der Waals surface area contributed by atoms with Crippen molar-refractivity contribution in [3.05, 3.63) is 65.2 Å². The van der Waals surface area contributed by atoms with E-state index in [9.17, 15) is 9.59 Å². The van der Waals surface area contributed by atoms with Gasteiger partial charge in [-0.1, -0.05) is 36.4 Å². The maximum atomic E-state index is 12.6. The van der Waals surface area contributed by atoms with Gasteiger partial charge in [0, 0.05) is 12.2 Å². The molecule has 1 amide bonds. The Morgan fingerprint density at radius 1 is 1.09 bits per heavy atom. The van der Waals surface area contributed by atoms with Crippen LogP contribution in [0, 0.1) is 6.92 Å². The molecule has 0 aromatic heterocycles. The van der Waals surface area contributed by atoms with Gasteiger partial charge in [0.25, 0.3) is 5.91 Å². The Balaban J connectivity index is 1.72. The summed E-state index contributed by atoms with van der Waals surface area (Å²) >= 11 is 0. The summed E-state index contributed by atoms with van der Waals surface area (Å²) in [7, 11) is 0. The summed E-state index contributed by atoms with van der Waals surface area (Å²) in [6, 6.07) is 15.0. The Labute approximate surface area is 135 Å². The van der Waals surface area contributed by atoms with Crippen LogP contribution in [0.1, 0.15) is 28.4 Å². The number of esters is 1. The van der Waals surface area contributed by atoms with E-state index in [0.717, 1.165) is 23.2 Å². The van der Waals surface area contributed by atoms with Gasteiger partial charge >= 0.3 is 5.97 Å². The highest BCUT2D eigenvalue weighted by molar-refractivity contribution is 6.00. The summed E-state index contributed by atoms with van der Waals surface area (Å²) in [5.74, 6) is -0.645. The number of aryl methyl sites for hydroxylation is 1. The molecule has 3 rings (SSSR count). The lowest BCUT2D eigenvalue weighted by Crippen LogP contribution is -2.39. The predicted octanol–water partition coefficient (Wildman–Crippen LogP) is 3.13. The molecular formula is C19H19NO3. The van der Waals surface area contributed by atoms with Crippen LogP contribution in [0.25, 0.3) is 0 Å². The summed E-state index contributed by atoms with van der Waals surface area (Å²) in [5.41, 5.74) is 3.40. The molecule has 0 bridgehead atoms. The summed E-state index contributed by atoms with van der Waals surface area (Å²) in [4.78, 5) is 26.6. The van der Waals surface area contributed by atoms with Crippen LogP contribution >= 0.6 is 0 Å². The number of ether oxygens (including phenoxy) is 1. The number of hydrogen-bond donors (Lipinski definition) is 0. The molecule has 23 heavy (non-hydrogen) atoms. The van der Waals surface area contributed by atoms with Crippen molar-refractivity contribution < 1.29 is 14.3 Å². The molecule has 4 nitrogen and oxygen atoms in total. The second-order valence-corrected chi connectivity index (χ2v) is 5.73. The maximum Gasteiger partial charge on any atom is 0.339 e. The van der Waals surface area contributed by atoms with Crippen molar-refractivity contribution >= 4 is 17.6 Å². The van der Waals surface area contributed by atoms with E-state index in [1.807, 2.05) is 43.3 Å². The molecule has 0 spiro atoms. The van der Waals surface area contributed by atoms with Crippen molar-refractivity contribution in [1.82, 2.24) is 0 Å². The van der Waals surface area contributed by atoms with Crippen LogP contribution in [0.2, 0.25) is 0 Å². The number of amides is 1. The summed E-state index contributed by atoms with van der Waals surface area (Å²) in [5, 5.41) is 0. The van der Waals surface area contributed by atoms with Crippen LogP contribution < -0.4 is 4.90 Å². The molecule has 0 unspecified atom stereocenters. The van der Waals surface area contributed by atoms with Crippen LogP contribution in [0.15, 0.2) is 48.5 Å². The van der Waals surface area contributed by atoms with Gasteiger partial charge in [-0.3, -0.25) is 4.79 Å². The first-order valence-electron chi connectivity index (χ1n) is 7.74. The van der Waals surface area contributed by atoms with E-state index in [2.05, 4.69) is 0 Å². The van der Waals surface area contributed by atoms with Crippen LogP contribution in [0.4, 0.5) is 5.69 Å². The number of para-hydroxylation sites is 1. The zero-order valence-corrected chi connectivity index (χ0v) is 13.3. The third-order valence-corrected chi connectivity index (χ3v) is 4.15. The van der Waals surface area contributed by atoms with E-state index < -0.39 is 12.1 Å². The van der Waals surface area contributed by atoms with Crippen LogP contribution in [-0.2, 0) is 16.0 Å². The molecule has 0 aliphatic carbocycles. The summed E-state index contributed by atoms with van der Waals surface area (Å²) in [6.45, 7) is 4.10. The number of anilines is 1. The molecule has 0 fully saturated rings. The third kappa shape index (κ3) is 2.97. The van der Waals surface area contributed by atoms with Gasteiger partial charge in [0.1, 0.15) is 0 Å². The molecular weight excluding hydrogens is 290 g/mol. The Bertz CT molecular complexity index is 754. The minimum absolute atomic E-state index is 0.183. The van der Waals surface area contributed by atoms with Crippen LogP contribution in [0.5, 0.6) is 0 Å². The van der Waals surface area contributed by atoms with Gasteiger partial charge in [-0.15, -0.1) is 0 Å². The van der Waals surface area contributed by atoms with Crippen molar-refractivity contribution in [2.45, 2.75) is 26.4 Å². The summed E-state index contributed by atoms with van der Waals surface area (Å²) in [6.07, 6.45) is 0.0219. The van der Waals surface area contributed by atoms with Gasteiger partial charge in [-0.2, -0.15) is 0 Å². The molecule has 118 valence electrons. The van der Waals surface area contributed by atoms with E-state index in [4.69, 9.17) is 4.74 Å². The average molecular weight is 309 g/mol. The van der Waals surface area contributed by atoms with Gasteiger partial charge in [0.15, 0.2) is 6.10 Å². The van der Waals surface area contributed by atoms with Crippen molar-refractivity contribution in [3.8, 4) is 0 Å². The SMILES string of the molecule is Cc1ccccc1C(=O)O[C@H](C)C(=O)N1CCc2ccccc21. The van der Waals surface area contributed by atoms with Gasteiger partial charge in [0.05, 0.1) is 5.56 Å². The molecule has 0 saturated carbocycles. The molecule has 2 aromatic carbocycles. The van der Waals surface area contributed by atoms with E-state index in [1.165, 1.54) is 0 Å². The molecule has 1 aliphatic rings. The quantitative estimate of drug-likeness (QED) is 0.818. The van der Waals surface area contributed by atoms with Crippen molar-refractivity contribution in [2.75, 3.05) is 11.4 Å². The predicted molar refractivity (Wildman–Crippen MR) is 88.6 cm³/mol. The second kappa shape index (κ2) is 6.24. The van der Waals surface area contributed by atoms with Crippen molar-refractivity contribution in [1.29, 1.82) is 0 Å². The number of carbonyl (C=O) groups is 2. The molecule has 0 saturated heterocycles. The number of hydrogen-bond acceptors (Lipinski definition) is 3. The first-order chi connectivity index (χ1) is 11.1. The zero-order valence-electron chi connectivity index (χ0n) is 13.3. The number of benzene rings is 2. The first-order valence-corrected chi connectivity index (χ1v) is 7.74. The van der Waals surface area contributed by atoms with Gasteiger partial charge in [0.2, 0.25) is 0 Å². The lowest BCUT2D eigenvalue weighted by Gasteiger charge is -2.22. The maximum absolute atomic E-state index is 12.6. The zero-order chi connectivity index (χ0) is 16.4. The molecule has 1 heterocycles.